The number of aromatic nitrogens is 2. The third kappa shape index (κ3) is 3.06. The summed E-state index contributed by atoms with van der Waals surface area (Å²) in [6.45, 7) is 2.35. The Morgan fingerprint density at radius 1 is 1.72 bits per heavy atom. The molecule has 1 aliphatic rings. The van der Waals surface area contributed by atoms with E-state index in [0.29, 0.717) is 6.54 Å². The molecule has 1 aromatic heterocycles. The van der Waals surface area contributed by atoms with Crippen molar-refractivity contribution in [1.29, 1.82) is 0 Å². The van der Waals surface area contributed by atoms with Gasteiger partial charge in [0.1, 0.15) is 10.7 Å². The molecule has 1 saturated heterocycles. The van der Waals surface area contributed by atoms with Gasteiger partial charge in [0.25, 0.3) is 0 Å². The number of nitrogens with two attached hydrogens (primary N) is 1. The van der Waals surface area contributed by atoms with Gasteiger partial charge in [-0.15, -0.1) is 5.10 Å². The molecule has 1 aliphatic heterocycles. The smallest absolute Gasteiger partial charge is 0.407 e. The number of ether oxygens (including phenoxy) is 1. The molecule has 0 aromatic carbocycles. The van der Waals surface area contributed by atoms with Gasteiger partial charge >= 0.3 is 6.09 Å². The normalized spacial score (nSPS) is 19.8. The zero-order valence-electron chi connectivity index (χ0n) is 10.0. The Kier molecular flexibility index (Phi) is 4.28. The first-order valence-electron chi connectivity index (χ1n) is 5.57. The number of nitrogen functional groups attached to an aromatic ring is 1. The van der Waals surface area contributed by atoms with E-state index in [1.54, 1.807) is 0 Å². The molecule has 9 heteroatoms. The molecule has 0 radical (unpaired) electrons. The van der Waals surface area contributed by atoms with Crippen molar-refractivity contribution < 1.29 is 9.53 Å². The molecule has 0 aliphatic carbocycles. The topological polar surface area (TPSA) is 105 Å². The Hall–Kier alpha value is -1.45. The van der Waals surface area contributed by atoms with E-state index < -0.39 is 0 Å². The fourth-order valence-electron chi connectivity index (χ4n) is 1.95. The lowest BCUT2D eigenvalue weighted by Gasteiger charge is -2.15. The molecule has 8 nitrogen and oxygen atoms in total. The Bertz CT molecular complexity index is 412. The second-order valence-corrected chi connectivity index (χ2v) is 4.80. The van der Waals surface area contributed by atoms with Crippen molar-refractivity contribution in [1.82, 2.24) is 19.8 Å². The van der Waals surface area contributed by atoms with Crippen LogP contribution >= 0.6 is 11.5 Å². The van der Waals surface area contributed by atoms with Gasteiger partial charge in [-0.2, -0.15) is 0 Å². The van der Waals surface area contributed by atoms with E-state index in [9.17, 15) is 4.79 Å². The van der Waals surface area contributed by atoms with Crippen molar-refractivity contribution in [3.63, 3.8) is 0 Å². The van der Waals surface area contributed by atoms with Gasteiger partial charge in [-0.1, -0.05) is 4.49 Å². The summed E-state index contributed by atoms with van der Waals surface area (Å²) in [5.41, 5.74) is 3.41. The number of hydrazine groups is 1. The minimum absolute atomic E-state index is 0.123. The lowest BCUT2D eigenvalue weighted by Crippen LogP contribution is -2.36. The van der Waals surface area contributed by atoms with E-state index in [1.807, 2.05) is 0 Å². The second-order valence-electron chi connectivity index (χ2n) is 4.05. The van der Waals surface area contributed by atoms with Crippen molar-refractivity contribution in [3.05, 3.63) is 5.69 Å². The first-order valence-corrected chi connectivity index (χ1v) is 6.35. The molecule has 100 valence electrons. The van der Waals surface area contributed by atoms with Crippen LogP contribution in [0, 0.1) is 0 Å². The summed E-state index contributed by atoms with van der Waals surface area (Å²) in [4.78, 5) is 13.3. The third-order valence-corrected chi connectivity index (χ3v) is 3.54. The van der Waals surface area contributed by atoms with E-state index in [0.717, 1.165) is 30.2 Å². The van der Waals surface area contributed by atoms with Crippen LogP contribution < -0.4 is 16.6 Å². The average Bonchev–Trinajstić information content (AvgIpc) is 2.99. The minimum atomic E-state index is -0.388. The number of anilines is 1. The van der Waals surface area contributed by atoms with E-state index in [1.165, 1.54) is 18.6 Å². The van der Waals surface area contributed by atoms with Gasteiger partial charge in [-0.05, 0) is 6.42 Å². The van der Waals surface area contributed by atoms with E-state index in [4.69, 9.17) is 5.84 Å². The first kappa shape index (κ1) is 13.0. The summed E-state index contributed by atoms with van der Waals surface area (Å²) >= 11 is 1.23. The van der Waals surface area contributed by atoms with Gasteiger partial charge in [0.15, 0.2) is 0 Å². The molecule has 18 heavy (non-hydrogen) atoms. The van der Waals surface area contributed by atoms with Crippen LogP contribution in [0.1, 0.15) is 12.1 Å². The summed E-state index contributed by atoms with van der Waals surface area (Å²) in [6, 6.07) is 0.123. The molecule has 1 atom stereocenters. The van der Waals surface area contributed by atoms with Crippen LogP contribution in [0.15, 0.2) is 0 Å². The highest BCUT2D eigenvalue weighted by Gasteiger charge is 2.25. The molecule has 1 unspecified atom stereocenters. The highest BCUT2D eigenvalue weighted by molar-refractivity contribution is 7.10. The lowest BCUT2D eigenvalue weighted by atomic mass is 10.3. The predicted octanol–water partition coefficient (Wildman–Crippen LogP) is -0.246. The van der Waals surface area contributed by atoms with Crippen LogP contribution in [0.2, 0.25) is 0 Å². The van der Waals surface area contributed by atoms with Crippen LogP contribution in [0.5, 0.6) is 0 Å². The van der Waals surface area contributed by atoms with Gasteiger partial charge in [-0.25, -0.2) is 10.6 Å². The van der Waals surface area contributed by atoms with Crippen LogP contribution in [-0.4, -0.2) is 46.8 Å². The Labute approximate surface area is 109 Å². The summed E-state index contributed by atoms with van der Waals surface area (Å²) in [6.07, 6.45) is 0.513. The van der Waals surface area contributed by atoms with Gasteiger partial charge in [0.05, 0.1) is 7.11 Å². The Morgan fingerprint density at radius 3 is 3.28 bits per heavy atom. The monoisotopic (exact) mass is 272 g/mol. The number of nitrogens with zero attached hydrogens (tertiary/aromatic N) is 3. The maximum Gasteiger partial charge on any atom is 0.407 e. The van der Waals surface area contributed by atoms with Crippen LogP contribution in [0.4, 0.5) is 9.80 Å². The number of carbonyl (C=O) groups excluding carboxylic acids is 1. The summed E-state index contributed by atoms with van der Waals surface area (Å²) < 4.78 is 8.42. The molecular formula is C9H16N6O2S. The van der Waals surface area contributed by atoms with E-state index in [2.05, 4.69) is 30.0 Å². The SMILES string of the molecule is COC(=O)NC1CCN(Cc2nnsc2NN)C1. The molecule has 1 aromatic rings. The van der Waals surface area contributed by atoms with Crippen molar-refractivity contribution >= 4 is 22.6 Å². The summed E-state index contributed by atoms with van der Waals surface area (Å²) in [7, 11) is 1.36. The molecule has 0 bridgehead atoms. The second kappa shape index (κ2) is 5.94. The summed E-state index contributed by atoms with van der Waals surface area (Å²) in [5, 5.41) is 7.59. The van der Waals surface area contributed by atoms with Crippen LogP contribution in [0.3, 0.4) is 0 Å². The van der Waals surface area contributed by atoms with Gasteiger partial charge in [0, 0.05) is 37.2 Å². The lowest BCUT2D eigenvalue weighted by molar-refractivity contribution is 0.166. The van der Waals surface area contributed by atoms with Crippen molar-refractivity contribution in [3.8, 4) is 0 Å². The zero-order valence-corrected chi connectivity index (χ0v) is 10.9. The number of carbonyl (C=O) groups is 1. The molecule has 4 N–H and O–H groups in total. The molecule has 1 amide bonds. The molecule has 2 rings (SSSR count). The van der Waals surface area contributed by atoms with Crippen molar-refractivity contribution in [2.75, 3.05) is 25.6 Å². The van der Waals surface area contributed by atoms with Crippen LogP contribution in [0.25, 0.3) is 0 Å². The van der Waals surface area contributed by atoms with E-state index >= 15 is 0 Å². The van der Waals surface area contributed by atoms with Crippen molar-refractivity contribution in [2.24, 2.45) is 5.84 Å². The number of alkyl carbamates (subject to hydrolysis) is 1. The fourth-order valence-corrected chi connectivity index (χ4v) is 2.44. The quantitative estimate of drug-likeness (QED) is 0.513. The number of hydrogen-bond acceptors (Lipinski definition) is 8. The number of nitrogens with one attached hydrogen (secondary N) is 2. The third-order valence-electron chi connectivity index (χ3n) is 2.84. The number of hydrogen-bond donors (Lipinski definition) is 3. The Balaban J connectivity index is 1.84. The van der Waals surface area contributed by atoms with Gasteiger partial charge < -0.3 is 15.5 Å². The largest absolute Gasteiger partial charge is 0.453 e. The first-order chi connectivity index (χ1) is 8.72. The summed E-state index contributed by atoms with van der Waals surface area (Å²) in [5.74, 6) is 5.37. The Morgan fingerprint density at radius 2 is 2.56 bits per heavy atom. The number of likely N-dealkylation sites (tertiary alicyclic amines) is 1. The van der Waals surface area contributed by atoms with Crippen LogP contribution in [-0.2, 0) is 11.3 Å². The number of rotatable bonds is 4. The maximum absolute atomic E-state index is 11.1. The van der Waals surface area contributed by atoms with Gasteiger partial charge in [-0.3, -0.25) is 4.90 Å². The molecule has 0 saturated carbocycles. The fraction of sp³-hybridized carbons (Fsp3) is 0.667. The molecule has 0 spiro atoms. The van der Waals surface area contributed by atoms with Crippen molar-refractivity contribution in [2.45, 2.75) is 19.0 Å². The molecule has 1 fully saturated rings. The molecule has 2 heterocycles. The number of amides is 1. The van der Waals surface area contributed by atoms with E-state index in [-0.39, 0.29) is 12.1 Å². The average molecular weight is 272 g/mol. The zero-order chi connectivity index (χ0) is 13.0. The minimum Gasteiger partial charge on any atom is -0.453 e. The number of methoxy groups -OCH3 is 1. The molecular weight excluding hydrogens is 256 g/mol. The highest BCUT2D eigenvalue weighted by atomic mass is 32.1. The highest BCUT2D eigenvalue weighted by Crippen LogP contribution is 2.20. The predicted molar refractivity (Wildman–Crippen MR) is 66.9 cm³/mol. The maximum atomic E-state index is 11.1. The standard InChI is InChI=1S/C9H16N6O2S/c1-17-9(16)11-6-2-3-15(4-6)5-7-8(12-10)18-14-13-7/h6,12H,2-5,10H2,1H3,(H,11,16). The van der Waals surface area contributed by atoms with Gasteiger partial charge in [0.2, 0.25) is 0 Å².